The normalized spacial score (nSPS) is 43.7. The number of rotatable bonds is 1. The van der Waals surface area contributed by atoms with Gasteiger partial charge in [-0.15, -0.1) is 0 Å². The highest BCUT2D eigenvalue weighted by Crippen LogP contribution is 2.32. The van der Waals surface area contributed by atoms with Gasteiger partial charge >= 0.3 is 0 Å². The van der Waals surface area contributed by atoms with Crippen LogP contribution in [0.5, 0.6) is 0 Å². The molecule has 0 spiro atoms. The van der Waals surface area contributed by atoms with Crippen molar-refractivity contribution in [1.29, 1.82) is 0 Å². The Balaban J connectivity index is 1.65. The first-order valence-corrected chi connectivity index (χ1v) is 7.95. The zero-order valence-electron chi connectivity index (χ0n) is 12.1. The summed E-state index contributed by atoms with van der Waals surface area (Å²) in [6, 6.07) is 2.44. The summed E-state index contributed by atoms with van der Waals surface area (Å²) in [4.78, 5) is 5.58. The predicted octanol–water partition coefficient (Wildman–Crippen LogP) is 1.54. The van der Waals surface area contributed by atoms with Gasteiger partial charge in [-0.2, -0.15) is 0 Å². The predicted molar refractivity (Wildman–Crippen MR) is 75.8 cm³/mol. The summed E-state index contributed by atoms with van der Waals surface area (Å²) >= 11 is 0. The highest BCUT2D eigenvalue weighted by Gasteiger charge is 2.40. The van der Waals surface area contributed by atoms with Crippen LogP contribution < -0.4 is 5.32 Å². The van der Waals surface area contributed by atoms with E-state index in [1.165, 1.54) is 58.4 Å². The van der Waals surface area contributed by atoms with Crippen molar-refractivity contribution < 1.29 is 0 Å². The molecule has 0 aromatic carbocycles. The van der Waals surface area contributed by atoms with Crippen LogP contribution in [0.2, 0.25) is 0 Å². The van der Waals surface area contributed by atoms with Crippen LogP contribution in [0, 0.1) is 5.92 Å². The Labute approximate surface area is 112 Å². The van der Waals surface area contributed by atoms with Gasteiger partial charge in [0.15, 0.2) is 0 Å². The van der Waals surface area contributed by atoms with E-state index in [1.54, 1.807) is 0 Å². The van der Waals surface area contributed by atoms with E-state index in [-0.39, 0.29) is 0 Å². The molecule has 3 heterocycles. The molecule has 4 atom stereocenters. The molecule has 0 aromatic heterocycles. The standard InChI is InChI=1S/C15H29N3/c1-12-10-16-13(2)5-8-18(11-12)15-6-9-17-7-3-4-14(15)17/h12-16H,3-11H2,1-2H3. The van der Waals surface area contributed by atoms with Gasteiger partial charge in [-0.25, -0.2) is 0 Å². The molecule has 3 fully saturated rings. The second-order valence-electron chi connectivity index (χ2n) is 6.80. The Bertz CT molecular complexity index is 281. The number of hydrogen-bond acceptors (Lipinski definition) is 3. The van der Waals surface area contributed by atoms with Crippen LogP contribution in [-0.4, -0.2) is 60.6 Å². The summed E-state index contributed by atoms with van der Waals surface area (Å²) in [6.45, 7) is 11.3. The lowest BCUT2D eigenvalue weighted by molar-refractivity contribution is 0.123. The Kier molecular flexibility index (Phi) is 3.92. The Morgan fingerprint density at radius 1 is 0.889 bits per heavy atom. The molecule has 3 aliphatic rings. The molecule has 0 aliphatic carbocycles. The van der Waals surface area contributed by atoms with Gasteiger partial charge in [0.1, 0.15) is 0 Å². The third-order valence-corrected chi connectivity index (χ3v) is 5.25. The van der Waals surface area contributed by atoms with Gasteiger partial charge in [-0.3, -0.25) is 9.80 Å². The van der Waals surface area contributed by atoms with Crippen molar-refractivity contribution in [2.75, 3.05) is 32.7 Å². The second kappa shape index (κ2) is 5.48. The molecule has 0 saturated carbocycles. The largest absolute Gasteiger partial charge is 0.314 e. The molecule has 3 saturated heterocycles. The smallest absolute Gasteiger partial charge is 0.0263 e. The average molecular weight is 251 g/mol. The highest BCUT2D eigenvalue weighted by molar-refractivity contribution is 4.97. The second-order valence-corrected chi connectivity index (χ2v) is 6.80. The fourth-order valence-corrected chi connectivity index (χ4v) is 4.20. The lowest BCUT2D eigenvalue weighted by atomic mass is 10.00. The number of hydrogen-bond donors (Lipinski definition) is 1. The van der Waals surface area contributed by atoms with Gasteiger partial charge < -0.3 is 5.32 Å². The average Bonchev–Trinajstić information content (AvgIpc) is 2.92. The zero-order valence-corrected chi connectivity index (χ0v) is 12.1. The van der Waals surface area contributed by atoms with Crippen molar-refractivity contribution in [3.05, 3.63) is 0 Å². The van der Waals surface area contributed by atoms with Crippen molar-refractivity contribution in [3.63, 3.8) is 0 Å². The SMILES string of the molecule is CC1CNC(C)CCN(C2CCN3CCCC23)C1. The van der Waals surface area contributed by atoms with E-state index in [1.807, 2.05) is 0 Å². The van der Waals surface area contributed by atoms with Gasteiger partial charge in [-0.1, -0.05) is 6.92 Å². The van der Waals surface area contributed by atoms with Crippen LogP contribution in [-0.2, 0) is 0 Å². The Morgan fingerprint density at radius 2 is 1.67 bits per heavy atom. The molecule has 3 aliphatic heterocycles. The molecular weight excluding hydrogens is 222 g/mol. The van der Waals surface area contributed by atoms with Crippen molar-refractivity contribution >= 4 is 0 Å². The van der Waals surface area contributed by atoms with E-state index >= 15 is 0 Å². The Morgan fingerprint density at radius 3 is 2.56 bits per heavy atom. The minimum Gasteiger partial charge on any atom is -0.314 e. The molecule has 104 valence electrons. The summed E-state index contributed by atoms with van der Waals surface area (Å²) in [7, 11) is 0. The van der Waals surface area contributed by atoms with Gasteiger partial charge in [0.2, 0.25) is 0 Å². The fourth-order valence-electron chi connectivity index (χ4n) is 4.20. The number of fused-ring (bicyclic) bond motifs is 1. The van der Waals surface area contributed by atoms with Crippen molar-refractivity contribution in [2.24, 2.45) is 5.92 Å². The molecule has 1 N–H and O–H groups in total. The topological polar surface area (TPSA) is 18.5 Å². The van der Waals surface area contributed by atoms with Crippen molar-refractivity contribution in [2.45, 2.75) is 57.7 Å². The quantitative estimate of drug-likeness (QED) is 0.763. The van der Waals surface area contributed by atoms with E-state index in [4.69, 9.17) is 0 Å². The zero-order chi connectivity index (χ0) is 12.5. The first kappa shape index (κ1) is 12.9. The minimum absolute atomic E-state index is 0.691. The van der Waals surface area contributed by atoms with Crippen LogP contribution in [0.1, 0.15) is 39.5 Å². The van der Waals surface area contributed by atoms with Gasteiger partial charge in [0.05, 0.1) is 0 Å². The monoisotopic (exact) mass is 251 g/mol. The summed E-state index contributed by atoms with van der Waals surface area (Å²) in [5.41, 5.74) is 0. The maximum absolute atomic E-state index is 3.65. The molecule has 3 rings (SSSR count). The number of nitrogens with one attached hydrogen (secondary N) is 1. The van der Waals surface area contributed by atoms with E-state index in [0.29, 0.717) is 6.04 Å². The van der Waals surface area contributed by atoms with Crippen LogP contribution >= 0.6 is 0 Å². The van der Waals surface area contributed by atoms with Crippen LogP contribution in [0.15, 0.2) is 0 Å². The lowest BCUT2D eigenvalue weighted by Crippen LogP contribution is -2.49. The fraction of sp³-hybridized carbons (Fsp3) is 1.00. The van der Waals surface area contributed by atoms with E-state index in [2.05, 4.69) is 29.0 Å². The van der Waals surface area contributed by atoms with E-state index < -0.39 is 0 Å². The molecule has 0 radical (unpaired) electrons. The van der Waals surface area contributed by atoms with Crippen molar-refractivity contribution in [3.8, 4) is 0 Å². The molecule has 0 amide bonds. The van der Waals surface area contributed by atoms with Crippen LogP contribution in [0.4, 0.5) is 0 Å². The molecular formula is C15H29N3. The third kappa shape index (κ3) is 2.59. The Hall–Kier alpha value is -0.120. The van der Waals surface area contributed by atoms with Crippen LogP contribution in [0.25, 0.3) is 0 Å². The maximum atomic E-state index is 3.65. The maximum Gasteiger partial charge on any atom is 0.0263 e. The highest BCUT2D eigenvalue weighted by atomic mass is 15.3. The summed E-state index contributed by atoms with van der Waals surface area (Å²) in [5.74, 6) is 0.795. The molecule has 0 bridgehead atoms. The van der Waals surface area contributed by atoms with Gasteiger partial charge in [0.25, 0.3) is 0 Å². The minimum atomic E-state index is 0.691. The van der Waals surface area contributed by atoms with Crippen LogP contribution in [0.3, 0.4) is 0 Å². The molecule has 4 unspecified atom stereocenters. The molecule has 0 aromatic rings. The first-order chi connectivity index (χ1) is 8.74. The summed E-state index contributed by atoms with van der Waals surface area (Å²) in [6.07, 6.45) is 5.61. The van der Waals surface area contributed by atoms with E-state index in [9.17, 15) is 0 Å². The molecule has 18 heavy (non-hydrogen) atoms. The summed E-state index contributed by atoms with van der Waals surface area (Å²) in [5, 5.41) is 3.65. The lowest BCUT2D eigenvalue weighted by Gasteiger charge is -2.37. The van der Waals surface area contributed by atoms with Crippen molar-refractivity contribution in [1.82, 2.24) is 15.1 Å². The molecule has 3 nitrogen and oxygen atoms in total. The molecule has 3 heteroatoms. The third-order valence-electron chi connectivity index (χ3n) is 5.25. The summed E-state index contributed by atoms with van der Waals surface area (Å²) < 4.78 is 0. The first-order valence-electron chi connectivity index (χ1n) is 7.95. The van der Waals surface area contributed by atoms with Gasteiger partial charge in [0, 0.05) is 31.2 Å². The van der Waals surface area contributed by atoms with E-state index in [0.717, 1.165) is 18.0 Å². The van der Waals surface area contributed by atoms with Gasteiger partial charge in [-0.05, 0) is 58.2 Å². The number of nitrogens with zero attached hydrogens (tertiary/aromatic N) is 2.